The van der Waals surface area contributed by atoms with Gasteiger partial charge in [0.25, 0.3) is 0 Å². The van der Waals surface area contributed by atoms with Gasteiger partial charge in [-0.05, 0) is 28.1 Å². The Kier molecular flexibility index (Phi) is 1.32. The number of benzene rings is 1. The Labute approximate surface area is 82.7 Å². The molecule has 2 nitrogen and oxygen atoms in total. The van der Waals surface area contributed by atoms with E-state index in [4.69, 9.17) is 4.42 Å². The molecule has 0 bridgehead atoms. The first-order valence-electron chi connectivity index (χ1n) is 4.00. The molecule has 0 fully saturated rings. The van der Waals surface area contributed by atoms with Gasteiger partial charge in [-0.1, -0.05) is 12.1 Å². The molecule has 64 valence electrons. The summed E-state index contributed by atoms with van der Waals surface area (Å²) in [6.45, 7) is 0. The first-order valence-corrected chi connectivity index (χ1v) is 4.79. The largest absolute Gasteiger partial charge is 0.447 e. The van der Waals surface area contributed by atoms with Crippen molar-refractivity contribution >= 4 is 37.9 Å². The monoisotopic (exact) mass is 235 g/mol. The Morgan fingerprint density at radius 2 is 2.00 bits per heavy atom. The normalized spacial score (nSPS) is 11.5. The molecular formula is C10H6BrNO. The number of para-hydroxylation sites is 1. The Morgan fingerprint density at radius 3 is 2.92 bits per heavy atom. The molecular weight excluding hydrogens is 230 g/mol. The molecule has 0 amide bonds. The fourth-order valence-corrected chi connectivity index (χ4v) is 1.98. The lowest BCUT2D eigenvalue weighted by atomic mass is 10.2. The maximum Gasteiger partial charge on any atom is 0.172 e. The topological polar surface area (TPSA) is 28.9 Å². The lowest BCUT2D eigenvalue weighted by molar-refractivity contribution is 0.591. The molecule has 13 heavy (non-hydrogen) atoms. The second-order valence-corrected chi connectivity index (χ2v) is 3.75. The minimum absolute atomic E-state index is 0.763. The number of hydrogen-bond acceptors (Lipinski definition) is 1. The summed E-state index contributed by atoms with van der Waals surface area (Å²) < 4.78 is 6.27. The van der Waals surface area contributed by atoms with Crippen LogP contribution in [0.1, 0.15) is 0 Å². The average Bonchev–Trinajstić information content (AvgIpc) is 2.60. The van der Waals surface area contributed by atoms with E-state index in [0.717, 1.165) is 26.7 Å². The highest BCUT2D eigenvalue weighted by molar-refractivity contribution is 9.10. The van der Waals surface area contributed by atoms with E-state index < -0.39 is 0 Å². The van der Waals surface area contributed by atoms with Crippen LogP contribution >= 0.6 is 15.9 Å². The molecule has 0 aliphatic heterocycles. The van der Waals surface area contributed by atoms with Gasteiger partial charge in [0.2, 0.25) is 0 Å². The van der Waals surface area contributed by atoms with Crippen molar-refractivity contribution in [1.82, 2.24) is 4.98 Å². The predicted molar refractivity (Wildman–Crippen MR) is 55.8 cm³/mol. The molecule has 3 aromatic rings. The van der Waals surface area contributed by atoms with Crippen molar-refractivity contribution in [1.29, 1.82) is 0 Å². The first-order chi connectivity index (χ1) is 6.34. The van der Waals surface area contributed by atoms with Crippen molar-refractivity contribution in [2.24, 2.45) is 0 Å². The summed E-state index contributed by atoms with van der Waals surface area (Å²) in [5.74, 6) is 0. The lowest BCUT2D eigenvalue weighted by Gasteiger charge is -1.86. The quantitative estimate of drug-likeness (QED) is 0.633. The van der Waals surface area contributed by atoms with E-state index in [1.165, 1.54) is 0 Å². The van der Waals surface area contributed by atoms with Crippen LogP contribution in [0.3, 0.4) is 0 Å². The van der Waals surface area contributed by atoms with Crippen LogP contribution in [-0.2, 0) is 0 Å². The van der Waals surface area contributed by atoms with E-state index in [2.05, 4.69) is 20.9 Å². The zero-order valence-corrected chi connectivity index (χ0v) is 8.26. The van der Waals surface area contributed by atoms with Crippen molar-refractivity contribution in [2.75, 3.05) is 0 Å². The highest BCUT2D eigenvalue weighted by Crippen LogP contribution is 2.29. The van der Waals surface area contributed by atoms with Crippen molar-refractivity contribution in [3.05, 3.63) is 35.0 Å². The highest BCUT2D eigenvalue weighted by atomic mass is 79.9. The van der Waals surface area contributed by atoms with Gasteiger partial charge in [-0.25, -0.2) is 0 Å². The number of furan rings is 1. The number of aromatic amines is 1. The van der Waals surface area contributed by atoms with Gasteiger partial charge in [-0.2, -0.15) is 0 Å². The van der Waals surface area contributed by atoms with E-state index in [-0.39, 0.29) is 0 Å². The summed E-state index contributed by atoms with van der Waals surface area (Å²) in [6, 6.07) is 10.0. The van der Waals surface area contributed by atoms with Crippen LogP contribution in [0.4, 0.5) is 0 Å². The van der Waals surface area contributed by atoms with Crippen molar-refractivity contribution in [3.63, 3.8) is 0 Å². The Bertz CT molecular complexity index is 579. The summed E-state index contributed by atoms with van der Waals surface area (Å²) >= 11 is 3.30. The molecule has 2 heterocycles. The molecule has 0 saturated heterocycles. The van der Waals surface area contributed by atoms with Gasteiger partial charge in [0.05, 0.1) is 5.52 Å². The molecule has 1 aromatic carbocycles. The maximum atomic E-state index is 5.51. The van der Waals surface area contributed by atoms with Gasteiger partial charge in [0, 0.05) is 17.0 Å². The van der Waals surface area contributed by atoms with Crippen LogP contribution in [0.25, 0.3) is 22.0 Å². The fourth-order valence-electron chi connectivity index (χ4n) is 1.59. The minimum Gasteiger partial charge on any atom is -0.447 e. The molecule has 0 radical (unpaired) electrons. The molecule has 2 aromatic heterocycles. The Balaban J connectivity index is 2.60. The van der Waals surface area contributed by atoms with Gasteiger partial charge in [0.1, 0.15) is 0 Å². The van der Waals surface area contributed by atoms with Crippen LogP contribution in [0.2, 0.25) is 0 Å². The van der Waals surface area contributed by atoms with Gasteiger partial charge in [0.15, 0.2) is 10.3 Å². The summed E-state index contributed by atoms with van der Waals surface area (Å²) in [7, 11) is 0. The molecule has 0 aliphatic rings. The molecule has 0 spiro atoms. The van der Waals surface area contributed by atoms with Crippen molar-refractivity contribution < 1.29 is 4.42 Å². The van der Waals surface area contributed by atoms with Crippen LogP contribution in [-0.4, -0.2) is 4.98 Å². The van der Waals surface area contributed by atoms with Crippen LogP contribution < -0.4 is 0 Å². The molecule has 3 heteroatoms. The van der Waals surface area contributed by atoms with Crippen LogP contribution in [0, 0.1) is 0 Å². The highest BCUT2D eigenvalue weighted by Gasteiger charge is 2.07. The average molecular weight is 236 g/mol. The number of halogens is 1. The van der Waals surface area contributed by atoms with E-state index in [1.54, 1.807) is 0 Å². The van der Waals surface area contributed by atoms with E-state index in [1.807, 2.05) is 30.3 Å². The third-order valence-corrected chi connectivity index (χ3v) is 2.53. The summed E-state index contributed by atoms with van der Waals surface area (Å²) in [4.78, 5) is 3.28. The summed E-state index contributed by atoms with van der Waals surface area (Å²) in [6.07, 6.45) is 0. The Morgan fingerprint density at radius 1 is 1.15 bits per heavy atom. The fraction of sp³-hybridized carbons (Fsp3) is 0. The third kappa shape index (κ3) is 0.937. The van der Waals surface area contributed by atoms with Gasteiger partial charge < -0.3 is 9.40 Å². The molecule has 0 saturated carbocycles. The first kappa shape index (κ1) is 7.21. The van der Waals surface area contributed by atoms with Crippen molar-refractivity contribution in [3.8, 4) is 0 Å². The van der Waals surface area contributed by atoms with E-state index >= 15 is 0 Å². The number of fused-ring (bicyclic) bond motifs is 3. The SMILES string of the molecule is Brc1cc2[nH]c3ccccc3c2o1. The van der Waals surface area contributed by atoms with Crippen LogP contribution in [0.5, 0.6) is 0 Å². The van der Waals surface area contributed by atoms with Crippen molar-refractivity contribution in [2.45, 2.75) is 0 Å². The number of aromatic nitrogens is 1. The third-order valence-electron chi connectivity index (χ3n) is 2.14. The number of hydrogen-bond donors (Lipinski definition) is 1. The molecule has 1 N–H and O–H groups in total. The van der Waals surface area contributed by atoms with E-state index in [0.29, 0.717) is 0 Å². The zero-order valence-electron chi connectivity index (χ0n) is 6.67. The summed E-state index contributed by atoms with van der Waals surface area (Å²) in [5, 5.41) is 1.13. The van der Waals surface area contributed by atoms with Gasteiger partial charge in [-0.3, -0.25) is 0 Å². The Hall–Kier alpha value is -1.22. The number of rotatable bonds is 0. The predicted octanol–water partition coefficient (Wildman–Crippen LogP) is 3.68. The second-order valence-electron chi connectivity index (χ2n) is 2.96. The number of H-pyrrole nitrogens is 1. The standard InChI is InChI=1S/C10H6BrNO/c11-9-5-8-10(13-9)6-3-1-2-4-7(6)12-8/h1-5,12H. The van der Waals surface area contributed by atoms with Crippen LogP contribution in [0.15, 0.2) is 39.4 Å². The molecule has 0 unspecified atom stereocenters. The molecule has 0 aliphatic carbocycles. The van der Waals surface area contributed by atoms with Gasteiger partial charge in [-0.15, -0.1) is 0 Å². The maximum absolute atomic E-state index is 5.51. The molecule has 3 rings (SSSR count). The smallest absolute Gasteiger partial charge is 0.172 e. The molecule has 0 atom stereocenters. The number of nitrogens with one attached hydrogen (secondary N) is 1. The van der Waals surface area contributed by atoms with Gasteiger partial charge >= 0.3 is 0 Å². The zero-order chi connectivity index (χ0) is 8.84. The lowest BCUT2D eigenvalue weighted by Crippen LogP contribution is -1.64. The summed E-state index contributed by atoms with van der Waals surface area (Å²) in [5.41, 5.74) is 3.07. The van der Waals surface area contributed by atoms with E-state index in [9.17, 15) is 0 Å². The second kappa shape index (κ2) is 2.39. The minimum atomic E-state index is 0.763.